The molecule has 0 aromatic rings. The Morgan fingerprint density at radius 2 is 2.00 bits per heavy atom. The summed E-state index contributed by atoms with van der Waals surface area (Å²) in [6.45, 7) is 12.9. The second-order valence-electron chi connectivity index (χ2n) is 11.5. The maximum atomic E-state index is 14.6. The number of aliphatic hydroxyl groups is 2. The zero-order valence-electron chi connectivity index (χ0n) is 21.3. The van der Waals surface area contributed by atoms with Gasteiger partial charge in [-0.05, 0) is 93.8 Å². The molecule has 0 spiro atoms. The summed E-state index contributed by atoms with van der Waals surface area (Å²) in [7, 11) is -3.96. The van der Waals surface area contributed by atoms with Gasteiger partial charge in [0.2, 0.25) is 15.0 Å². The molecule has 0 amide bonds. The standard InChI is InChI=1S/C28H41FO4S/c1-18(9-14-26(29)34(32,33)27(3,4)5)23-12-13-24-20(8-7-15-28(23,24)6)10-11-21-16-22(30)17-25(31)19(21)2/h10-12,14,18,22,24-25,30-31H,2,7-9,13,15-17H2,1,3-6H3/b20-10+,21-11-,26-14-/t18-,22-,24+,25+,28-/m1/s1. The summed E-state index contributed by atoms with van der Waals surface area (Å²) in [5.41, 5.74) is 4.22. The quantitative estimate of drug-likeness (QED) is 0.455. The Kier molecular flexibility index (Phi) is 7.86. The highest BCUT2D eigenvalue weighted by Gasteiger charge is 2.46. The molecule has 0 aromatic carbocycles. The largest absolute Gasteiger partial charge is 0.393 e. The van der Waals surface area contributed by atoms with Crippen LogP contribution in [-0.2, 0) is 9.84 Å². The van der Waals surface area contributed by atoms with Gasteiger partial charge in [-0.2, -0.15) is 4.39 Å². The number of allylic oxidation sites excluding steroid dienone is 6. The highest BCUT2D eigenvalue weighted by Crippen LogP contribution is 2.57. The number of hydrogen-bond acceptors (Lipinski definition) is 4. The Labute approximate surface area is 205 Å². The lowest BCUT2D eigenvalue weighted by molar-refractivity contribution is 0.0862. The third-order valence-electron chi connectivity index (χ3n) is 8.10. The minimum atomic E-state index is -3.96. The van der Waals surface area contributed by atoms with E-state index in [2.05, 4.69) is 32.6 Å². The van der Waals surface area contributed by atoms with E-state index in [-0.39, 0.29) is 11.3 Å². The monoisotopic (exact) mass is 492 g/mol. The Balaban J connectivity index is 1.77. The first-order valence-corrected chi connectivity index (χ1v) is 13.9. The molecule has 3 aliphatic carbocycles. The van der Waals surface area contributed by atoms with Crippen molar-refractivity contribution in [3.05, 3.63) is 58.3 Å². The van der Waals surface area contributed by atoms with Crippen molar-refractivity contribution < 1.29 is 23.0 Å². The lowest BCUT2D eigenvalue weighted by atomic mass is 9.62. The van der Waals surface area contributed by atoms with Gasteiger partial charge in [-0.3, -0.25) is 0 Å². The van der Waals surface area contributed by atoms with E-state index in [9.17, 15) is 23.0 Å². The molecule has 3 rings (SSSR count). The molecule has 190 valence electrons. The maximum Gasteiger partial charge on any atom is 0.211 e. The van der Waals surface area contributed by atoms with Crippen molar-refractivity contribution in [2.45, 2.75) is 96.5 Å². The number of sulfone groups is 1. The topological polar surface area (TPSA) is 74.6 Å². The van der Waals surface area contributed by atoms with E-state index in [1.54, 1.807) is 0 Å². The molecular weight excluding hydrogens is 451 g/mol. The summed E-state index contributed by atoms with van der Waals surface area (Å²) in [5, 5.41) is 19.1. The molecule has 3 aliphatic rings. The van der Waals surface area contributed by atoms with Crippen molar-refractivity contribution in [2.75, 3.05) is 0 Å². The van der Waals surface area contributed by atoms with Crippen LogP contribution in [0, 0.1) is 17.3 Å². The molecule has 0 radical (unpaired) electrons. The molecule has 6 heteroatoms. The second kappa shape index (κ2) is 9.87. The first-order chi connectivity index (χ1) is 15.7. The van der Waals surface area contributed by atoms with E-state index in [1.165, 1.54) is 38.0 Å². The van der Waals surface area contributed by atoms with E-state index in [0.29, 0.717) is 30.8 Å². The maximum absolute atomic E-state index is 14.6. The summed E-state index contributed by atoms with van der Waals surface area (Å²) in [4.78, 5) is 0. The number of halogens is 1. The van der Waals surface area contributed by atoms with E-state index in [4.69, 9.17) is 0 Å². The third kappa shape index (κ3) is 5.19. The first kappa shape index (κ1) is 27.1. The van der Waals surface area contributed by atoms with Crippen LogP contribution in [0.1, 0.15) is 79.6 Å². The van der Waals surface area contributed by atoms with E-state index in [1.807, 2.05) is 6.08 Å². The Hall–Kier alpha value is -1.50. The van der Waals surface area contributed by atoms with Crippen molar-refractivity contribution in [3.63, 3.8) is 0 Å². The van der Waals surface area contributed by atoms with Gasteiger partial charge >= 0.3 is 0 Å². The van der Waals surface area contributed by atoms with Gasteiger partial charge in [-0.1, -0.05) is 49.8 Å². The number of rotatable bonds is 5. The molecule has 2 saturated carbocycles. The number of aliphatic hydroxyl groups excluding tert-OH is 2. The molecule has 0 bridgehead atoms. The predicted molar refractivity (Wildman–Crippen MR) is 136 cm³/mol. The van der Waals surface area contributed by atoms with Crippen molar-refractivity contribution in [2.24, 2.45) is 17.3 Å². The van der Waals surface area contributed by atoms with E-state index >= 15 is 0 Å². The summed E-state index contributed by atoms with van der Waals surface area (Å²) in [6.07, 6.45) is 11.7. The predicted octanol–water partition coefficient (Wildman–Crippen LogP) is 6.10. The highest BCUT2D eigenvalue weighted by molar-refractivity contribution is 7.96. The fourth-order valence-corrected chi connectivity index (χ4v) is 6.78. The summed E-state index contributed by atoms with van der Waals surface area (Å²) >= 11 is 0. The van der Waals surface area contributed by atoms with Crippen molar-refractivity contribution in [1.29, 1.82) is 0 Å². The van der Waals surface area contributed by atoms with Crippen LogP contribution in [0.15, 0.2) is 58.3 Å². The zero-order chi connectivity index (χ0) is 25.5. The smallest absolute Gasteiger partial charge is 0.211 e. The molecule has 2 N–H and O–H groups in total. The number of hydrogen-bond donors (Lipinski definition) is 2. The van der Waals surface area contributed by atoms with Gasteiger partial charge in [0.15, 0.2) is 0 Å². The zero-order valence-corrected chi connectivity index (χ0v) is 22.1. The van der Waals surface area contributed by atoms with Crippen LogP contribution in [0.25, 0.3) is 0 Å². The normalized spacial score (nSPS) is 34.4. The molecule has 0 unspecified atom stereocenters. The molecule has 34 heavy (non-hydrogen) atoms. The van der Waals surface area contributed by atoms with Gasteiger partial charge in [0.1, 0.15) is 0 Å². The molecular formula is C28H41FO4S. The SMILES string of the molecule is C=C1/C(=C\C=C2/CCC[C@]3(C)C([C@H](C)C/C=C(/F)S(=O)(=O)C(C)(C)C)=CC[C@@H]23)C[C@@H](O)C[C@@H]1O. The number of fused-ring (bicyclic) bond motifs is 1. The van der Waals surface area contributed by atoms with Gasteiger partial charge in [0.05, 0.1) is 17.0 Å². The van der Waals surface area contributed by atoms with Crippen LogP contribution in [0.3, 0.4) is 0 Å². The fraction of sp³-hybridized carbons (Fsp3) is 0.643. The lowest BCUT2D eigenvalue weighted by Gasteiger charge is -2.42. The highest BCUT2D eigenvalue weighted by atomic mass is 32.2. The van der Waals surface area contributed by atoms with Crippen molar-refractivity contribution in [3.8, 4) is 0 Å². The van der Waals surface area contributed by atoms with Gasteiger partial charge in [-0.15, -0.1) is 0 Å². The minimum Gasteiger partial charge on any atom is -0.393 e. The Morgan fingerprint density at radius 3 is 2.65 bits per heavy atom. The van der Waals surface area contributed by atoms with Gasteiger partial charge in [0, 0.05) is 6.42 Å². The molecule has 0 heterocycles. The van der Waals surface area contributed by atoms with Crippen LogP contribution in [0.5, 0.6) is 0 Å². The molecule has 5 atom stereocenters. The van der Waals surface area contributed by atoms with E-state index in [0.717, 1.165) is 31.3 Å². The first-order valence-electron chi connectivity index (χ1n) is 12.4. The fourth-order valence-electron chi connectivity index (χ4n) is 5.88. The Morgan fingerprint density at radius 1 is 1.32 bits per heavy atom. The van der Waals surface area contributed by atoms with Crippen LogP contribution in [0.4, 0.5) is 4.39 Å². The van der Waals surface area contributed by atoms with Crippen LogP contribution in [-0.4, -0.2) is 35.6 Å². The summed E-state index contributed by atoms with van der Waals surface area (Å²) < 4.78 is 38.2. The van der Waals surface area contributed by atoms with Crippen molar-refractivity contribution in [1.82, 2.24) is 0 Å². The van der Waals surface area contributed by atoms with Crippen LogP contribution >= 0.6 is 0 Å². The third-order valence-corrected chi connectivity index (χ3v) is 10.4. The summed E-state index contributed by atoms with van der Waals surface area (Å²) in [5.74, 6) is 0.409. The van der Waals surface area contributed by atoms with Gasteiger partial charge in [-0.25, -0.2) is 8.42 Å². The minimum absolute atomic E-state index is 0.0299. The van der Waals surface area contributed by atoms with Crippen LogP contribution < -0.4 is 0 Å². The molecule has 2 fully saturated rings. The molecule has 0 aliphatic heterocycles. The molecule has 0 saturated heterocycles. The van der Waals surface area contributed by atoms with Crippen LogP contribution in [0.2, 0.25) is 0 Å². The van der Waals surface area contributed by atoms with E-state index < -0.39 is 32.0 Å². The average Bonchev–Trinajstić information content (AvgIpc) is 3.09. The molecule has 0 aromatic heterocycles. The second-order valence-corrected chi connectivity index (χ2v) is 14.2. The van der Waals surface area contributed by atoms with Gasteiger partial charge in [0.25, 0.3) is 0 Å². The Bertz CT molecular complexity index is 1040. The molecule has 4 nitrogen and oxygen atoms in total. The van der Waals surface area contributed by atoms with Gasteiger partial charge < -0.3 is 10.2 Å². The average molecular weight is 493 g/mol. The lowest BCUT2D eigenvalue weighted by Crippen LogP contribution is -2.32. The summed E-state index contributed by atoms with van der Waals surface area (Å²) in [6, 6.07) is 0. The van der Waals surface area contributed by atoms with Crippen molar-refractivity contribution >= 4 is 9.84 Å².